The Morgan fingerprint density at radius 1 is 0.892 bits per heavy atom. The number of aliphatic hydroxyl groups excluding tert-OH is 1. The van der Waals surface area contributed by atoms with E-state index >= 15 is 0 Å². The first-order chi connectivity index (χ1) is 30.9. The SMILES string of the molecule is CC(C)(C)[Si](Oc1ccc(OC[C@H](O)CNCCc2ccc(NC3CCN(C(=O)NCc4cc(F)ccc4F)CC3)cc2)cc1N(C(=O)O)S(C)(=O)=O)(c1ccccc1)c1ccccc1. The Labute approximate surface area is 380 Å². The van der Waals surface area contributed by atoms with Crippen LogP contribution in [0.2, 0.25) is 5.04 Å². The first-order valence-corrected chi connectivity index (χ1v) is 25.2. The van der Waals surface area contributed by atoms with Gasteiger partial charge in [0.2, 0.25) is 10.0 Å². The molecule has 3 amide bonds. The highest BCUT2D eigenvalue weighted by molar-refractivity contribution is 7.92. The number of piperidine rings is 1. The molecule has 17 heteroatoms. The number of carbonyl (C=O) groups excluding carboxylic acids is 1. The third kappa shape index (κ3) is 12.4. The Hall–Kier alpha value is -6.01. The number of aliphatic hydroxyl groups is 1. The number of hydrogen-bond donors (Lipinski definition) is 5. The van der Waals surface area contributed by atoms with Gasteiger partial charge < -0.3 is 40.2 Å². The largest absolute Gasteiger partial charge is 0.533 e. The van der Waals surface area contributed by atoms with Gasteiger partial charge in [0.25, 0.3) is 0 Å². The number of nitrogens with zero attached hydrogens (tertiary/aromatic N) is 2. The number of carbonyl (C=O) groups is 2. The molecule has 6 rings (SSSR count). The summed E-state index contributed by atoms with van der Waals surface area (Å²) in [6, 6.07) is 34.8. The van der Waals surface area contributed by atoms with E-state index in [1.807, 2.05) is 84.9 Å². The summed E-state index contributed by atoms with van der Waals surface area (Å²) in [5.74, 6) is -0.937. The summed E-state index contributed by atoms with van der Waals surface area (Å²) < 4.78 is 66.7. The van der Waals surface area contributed by atoms with Crippen LogP contribution < -0.4 is 39.8 Å². The fraction of sp³-hybridized carbons (Fsp3) is 0.333. The van der Waals surface area contributed by atoms with Crippen LogP contribution in [0.25, 0.3) is 0 Å². The van der Waals surface area contributed by atoms with Crippen molar-refractivity contribution >= 4 is 52.2 Å². The van der Waals surface area contributed by atoms with Crippen molar-refractivity contribution in [3.05, 3.63) is 144 Å². The quantitative estimate of drug-likeness (QED) is 0.0471. The van der Waals surface area contributed by atoms with Gasteiger partial charge in [-0.3, -0.25) is 0 Å². The Balaban J connectivity index is 1.01. The highest BCUT2D eigenvalue weighted by Gasteiger charge is 2.52. The lowest BCUT2D eigenvalue weighted by atomic mass is 10.0. The minimum absolute atomic E-state index is 0.0496. The second-order valence-electron chi connectivity index (χ2n) is 17.1. The van der Waals surface area contributed by atoms with Gasteiger partial charge in [0.05, 0.1) is 6.26 Å². The molecule has 0 spiro atoms. The zero-order valence-electron chi connectivity index (χ0n) is 37.0. The van der Waals surface area contributed by atoms with Crippen LogP contribution in [0, 0.1) is 11.6 Å². The summed E-state index contributed by atoms with van der Waals surface area (Å²) in [5.41, 5.74) is 1.89. The number of carboxylic acid groups (broad SMARTS) is 1. The van der Waals surface area contributed by atoms with Crippen molar-refractivity contribution < 1.29 is 46.2 Å². The summed E-state index contributed by atoms with van der Waals surface area (Å²) in [4.78, 5) is 26.9. The number of anilines is 2. The van der Waals surface area contributed by atoms with Crippen molar-refractivity contribution in [1.82, 2.24) is 15.5 Å². The molecule has 13 nitrogen and oxygen atoms in total. The number of nitrogens with one attached hydrogen (secondary N) is 3. The van der Waals surface area contributed by atoms with Crippen molar-refractivity contribution in [2.24, 2.45) is 0 Å². The number of rotatable bonds is 18. The third-order valence-corrected chi connectivity index (χ3v) is 17.2. The van der Waals surface area contributed by atoms with Gasteiger partial charge in [-0.2, -0.15) is 4.31 Å². The van der Waals surface area contributed by atoms with Crippen LogP contribution in [-0.4, -0.2) is 95.2 Å². The lowest BCUT2D eigenvalue weighted by Crippen LogP contribution is -2.69. The molecule has 0 saturated carbocycles. The molecule has 1 atom stereocenters. The Bertz CT molecular complexity index is 2450. The fourth-order valence-electron chi connectivity index (χ4n) is 8.01. The molecule has 5 aromatic carbocycles. The van der Waals surface area contributed by atoms with Crippen LogP contribution in [0.4, 0.5) is 29.7 Å². The Morgan fingerprint density at radius 3 is 2.11 bits per heavy atom. The number of benzene rings is 5. The number of urea groups is 1. The highest BCUT2D eigenvalue weighted by Crippen LogP contribution is 2.42. The topological polar surface area (TPSA) is 170 Å². The first-order valence-electron chi connectivity index (χ1n) is 21.5. The number of hydrogen-bond acceptors (Lipinski definition) is 9. The van der Waals surface area contributed by atoms with Gasteiger partial charge in [0, 0.05) is 49.5 Å². The molecular formula is C48H57F2N5O8SSi. The van der Waals surface area contributed by atoms with Gasteiger partial charge in [0.15, 0.2) is 0 Å². The number of ether oxygens (including phenoxy) is 1. The minimum atomic E-state index is -4.35. The molecule has 0 aliphatic carbocycles. The van der Waals surface area contributed by atoms with E-state index in [9.17, 15) is 37.0 Å². The van der Waals surface area contributed by atoms with Crippen LogP contribution in [0.3, 0.4) is 0 Å². The van der Waals surface area contributed by atoms with E-state index in [-0.39, 0.29) is 58.8 Å². The van der Waals surface area contributed by atoms with Gasteiger partial charge in [0.1, 0.15) is 41.5 Å². The normalized spacial score (nSPS) is 14.0. The maximum atomic E-state index is 13.9. The van der Waals surface area contributed by atoms with E-state index < -0.39 is 47.2 Å². The minimum Gasteiger partial charge on any atom is -0.533 e. The zero-order valence-corrected chi connectivity index (χ0v) is 38.8. The second-order valence-corrected chi connectivity index (χ2v) is 23.2. The lowest BCUT2D eigenvalue weighted by Gasteiger charge is -2.43. The van der Waals surface area contributed by atoms with E-state index in [0.29, 0.717) is 26.1 Å². The van der Waals surface area contributed by atoms with E-state index in [4.69, 9.17) is 9.16 Å². The lowest BCUT2D eigenvalue weighted by molar-refractivity contribution is 0.106. The fourth-order valence-corrected chi connectivity index (χ4v) is 13.2. The predicted octanol–water partition coefficient (Wildman–Crippen LogP) is 6.71. The van der Waals surface area contributed by atoms with Gasteiger partial charge in [-0.25, -0.2) is 26.8 Å². The standard InChI is InChI=1S/C48H57F2N5O8SSi/c1-48(2,3)65(41-11-7-5-8-12-41,42-13-9-6-10-14-42)63-45-22-20-40(30-44(45)55(47(58)59)64(4,60)61)62-33-39(56)32-51-26-23-34-15-18-37(19-16-34)53-38-24-27-54(28-25-38)46(57)52-31-35-29-36(49)17-21-43(35)50/h5-22,29-30,38-39,51,53,56H,23-28,31-33H2,1-4H3,(H,52,57)(H,58,59)/t39-/m1/s1. The maximum absolute atomic E-state index is 13.9. The number of sulfonamides is 1. The number of amides is 3. The van der Waals surface area contributed by atoms with Crippen molar-refractivity contribution in [2.45, 2.75) is 63.8 Å². The molecule has 0 bridgehead atoms. The van der Waals surface area contributed by atoms with E-state index in [1.54, 1.807) is 11.0 Å². The molecule has 1 aliphatic rings. The van der Waals surface area contributed by atoms with E-state index in [2.05, 4.69) is 36.7 Å². The summed E-state index contributed by atoms with van der Waals surface area (Å²) in [5, 5.41) is 31.8. The van der Waals surface area contributed by atoms with Crippen LogP contribution in [0.1, 0.15) is 44.7 Å². The number of halogens is 2. The molecule has 65 heavy (non-hydrogen) atoms. The van der Waals surface area contributed by atoms with Gasteiger partial charge in [-0.15, -0.1) is 0 Å². The molecule has 0 unspecified atom stereocenters. The molecule has 1 saturated heterocycles. The van der Waals surface area contributed by atoms with Crippen molar-refractivity contribution in [2.75, 3.05) is 48.7 Å². The highest BCUT2D eigenvalue weighted by atomic mass is 32.2. The molecule has 0 radical (unpaired) electrons. The summed E-state index contributed by atoms with van der Waals surface area (Å²) in [6.45, 7) is 7.71. The maximum Gasteiger partial charge on any atom is 0.426 e. The van der Waals surface area contributed by atoms with Gasteiger partial charge in [-0.05, 0) is 89.2 Å². The second kappa shape index (κ2) is 21.3. The molecule has 5 aromatic rings. The van der Waals surface area contributed by atoms with Gasteiger partial charge in [-0.1, -0.05) is 93.6 Å². The van der Waals surface area contributed by atoms with Crippen molar-refractivity contribution in [3.63, 3.8) is 0 Å². The van der Waals surface area contributed by atoms with E-state index in [0.717, 1.165) is 58.9 Å². The molecule has 0 aromatic heterocycles. The Kier molecular flexibility index (Phi) is 15.9. The molecular weight excluding hydrogens is 873 g/mol. The predicted molar refractivity (Wildman–Crippen MR) is 251 cm³/mol. The summed E-state index contributed by atoms with van der Waals surface area (Å²) >= 11 is 0. The van der Waals surface area contributed by atoms with Crippen LogP contribution >= 0.6 is 0 Å². The monoisotopic (exact) mass is 929 g/mol. The smallest absolute Gasteiger partial charge is 0.426 e. The molecule has 1 heterocycles. The average molecular weight is 930 g/mol. The first kappa shape index (κ1) is 48.4. The molecule has 5 N–H and O–H groups in total. The molecule has 1 aliphatic heterocycles. The van der Waals surface area contributed by atoms with E-state index in [1.165, 1.54) is 12.1 Å². The van der Waals surface area contributed by atoms with Gasteiger partial charge >= 0.3 is 20.4 Å². The zero-order chi connectivity index (χ0) is 46.8. The third-order valence-electron chi connectivity index (χ3n) is 11.3. The van der Waals surface area contributed by atoms with Crippen LogP contribution in [0.15, 0.2) is 121 Å². The summed E-state index contributed by atoms with van der Waals surface area (Å²) in [6.07, 6.45) is 0.291. The summed E-state index contributed by atoms with van der Waals surface area (Å²) in [7, 11) is -7.67. The Morgan fingerprint density at radius 2 is 1.52 bits per heavy atom. The average Bonchev–Trinajstić information content (AvgIpc) is 3.27. The molecule has 1 fully saturated rings. The van der Waals surface area contributed by atoms with Crippen molar-refractivity contribution in [1.29, 1.82) is 0 Å². The van der Waals surface area contributed by atoms with Crippen LogP contribution in [0.5, 0.6) is 11.5 Å². The molecule has 346 valence electrons. The van der Waals surface area contributed by atoms with Crippen molar-refractivity contribution in [3.8, 4) is 11.5 Å². The van der Waals surface area contributed by atoms with Crippen LogP contribution in [-0.2, 0) is 23.0 Å². The number of likely N-dealkylation sites (tertiary alicyclic amines) is 1.